The normalized spacial score (nSPS) is 11.5. The third-order valence-corrected chi connectivity index (χ3v) is 13.7. The second kappa shape index (κ2) is 15.5. The van der Waals surface area contributed by atoms with Crippen LogP contribution in [0, 0.1) is 0 Å². The van der Waals surface area contributed by atoms with Gasteiger partial charge in [-0.05, 0) is 99.6 Å². The Bertz CT molecular complexity index is 3550. The van der Waals surface area contributed by atoms with E-state index in [1.165, 1.54) is 80.9 Å². The highest BCUT2D eigenvalue weighted by Crippen LogP contribution is 2.43. The second-order valence-electron chi connectivity index (χ2n) is 16.1. The van der Waals surface area contributed by atoms with E-state index in [9.17, 15) is 0 Å². The number of nitrogens with zero attached hydrogens (tertiary/aromatic N) is 2. The monoisotopic (exact) mass is 820 g/mol. The predicted molar refractivity (Wildman–Crippen MR) is 270 cm³/mol. The average molecular weight is 821 g/mol. The number of thiophene rings is 1. The molecule has 0 radical (unpaired) electrons. The molecule has 0 amide bonds. The Morgan fingerprint density at radius 2 is 0.698 bits per heavy atom. The molecule has 2 nitrogen and oxygen atoms in total. The molecular formula is C60H40N2S. The summed E-state index contributed by atoms with van der Waals surface area (Å²) in [7, 11) is 0. The summed E-state index contributed by atoms with van der Waals surface area (Å²) in [6.07, 6.45) is 0. The van der Waals surface area contributed by atoms with Crippen LogP contribution in [0.3, 0.4) is 0 Å². The zero-order valence-electron chi connectivity index (χ0n) is 34.4. The van der Waals surface area contributed by atoms with Gasteiger partial charge in [0.2, 0.25) is 0 Å². The van der Waals surface area contributed by atoms with Crippen molar-refractivity contribution in [3.63, 3.8) is 0 Å². The molecule has 12 aromatic rings. The molecule has 12 rings (SSSR count). The number of fused-ring (bicyclic) bond motifs is 6. The minimum Gasteiger partial charge on any atom is -0.311 e. The van der Waals surface area contributed by atoms with E-state index in [4.69, 9.17) is 0 Å². The lowest BCUT2D eigenvalue weighted by Crippen LogP contribution is -2.10. The van der Waals surface area contributed by atoms with E-state index < -0.39 is 0 Å². The van der Waals surface area contributed by atoms with Gasteiger partial charge in [0, 0.05) is 53.6 Å². The molecule has 0 bridgehead atoms. The Balaban J connectivity index is 0.956. The van der Waals surface area contributed by atoms with Crippen LogP contribution >= 0.6 is 11.3 Å². The van der Waals surface area contributed by atoms with E-state index in [2.05, 4.69) is 252 Å². The smallest absolute Gasteiger partial charge is 0.0541 e. The Morgan fingerprint density at radius 1 is 0.286 bits per heavy atom. The SMILES string of the molecule is c1ccc(-c2ccccc2-c2ccc(N(c3ccc(-c4ccccc4-n4c5ccccc5c5ccccc54)cc3)c3ccc(-c4cccc5c4sc4ccccc45)cc3)cc2)cc1. The lowest BCUT2D eigenvalue weighted by molar-refractivity contribution is 1.18. The van der Waals surface area contributed by atoms with Crippen LogP contribution in [0.25, 0.3) is 92.2 Å². The van der Waals surface area contributed by atoms with Crippen LogP contribution in [0.2, 0.25) is 0 Å². The molecule has 2 aromatic heterocycles. The van der Waals surface area contributed by atoms with Gasteiger partial charge >= 0.3 is 0 Å². The summed E-state index contributed by atoms with van der Waals surface area (Å²) >= 11 is 1.87. The number of rotatable bonds is 8. The largest absolute Gasteiger partial charge is 0.311 e. The standard InChI is InChI=1S/C60H40N2S/c1-2-15-41(16-3-1)48-17-4-5-18-49(48)42-29-35-45(36-30-42)61(47-39-33-44(34-40-47)51-23-14-24-55-54-22-9-13-28-59(54)63-60(51)55)46-37-31-43(32-38-46)50-19-6-10-25-56(50)62-57-26-11-7-20-52(57)53-21-8-12-27-58(53)62/h1-40H. The van der Waals surface area contributed by atoms with E-state index in [1.54, 1.807) is 0 Å². The molecule has 0 N–H and O–H groups in total. The number of aromatic nitrogens is 1. The van der Waals surface area contributed by atoms with Crippen molar-refractivity contribution in [2.45, 2.75) is 0 Å². The molecule has 2 heterocycles. The third kappa shape index (κ3) is 6.41. The van der Waals surface area contributed by atoms with Gasteiger partial charge in [0.05, 0.1) is 16.7 Å². The van der Waals surface area contributed by atoms with E-state index in [0.717, 1.165) is 28.3 Å². The van der Waals surface area contributed by atoms with Crippen molar-refractivity contribution in [1.82, 2.24) is 4.57 Å². The van der Waals surface area contributed by atoms with Gasteiger partial charge in [-0.3, -0.25) is 0 Å². The number of hydrogen-bond donors (Lipinski definition) is 0. The summed E-state index contributed by atoms with van der Waals surface area (Å²) in [5.74, 6) is 0. The highest BCUT2D eigenvalue weighted by Gasteiger charge is 2.18. The predicted octanol–water partition coefficient (Wildman–Crippen LogP) is 17.3. The van der Waals surface area contributed by atoms with Crippen LogP contribution < -0.4 is 4.90 Å². The zero-order valence-corrected chi connectivity index (χ0v) is 35.2. The van der Waals surface area contributed by atoms with Crippen molar-refractivity contribution in [2.75, 3.05) is 4.90 Å². The van der Waals surface area contributed by atoms with Crippen molar-refractivity contribution in [1.29, 1.82) is 0 Å². The Morgan fingerprint density at radius 3 is 1.30 bits per heavy atom. The summed E-state index contributed by atoms with van der Waals surface area (Å²) in [6, 6.07) is 88.2. The van der Waals surface area contributed by atoms with E-state index in [0.29, 0.717) is 0 Å². The molecule has 0 atom stereocenters. The quantitative estimate of drug-likeness (QED) is 0.148. The fraction of sp³-hybridized carbons (Fsp3) is 0. The first-order valence-corrected chi connectivity index (χ1v) is 22.3. The van der Waals surface area contributed by atoms with Gasteiger partial charge in [-0.25, -0.2) is 0 Å². The summed E-state index contributed by atoms with van der Waals surface area (Å²) in [5.41, 5.74) is 16.5. The molecule has 296 valence electrons. The molecular weight excluding hydrogens is 781 g/mol. The maximum Gasteiger partial charge on any atom is 0.0541 e. The maximum absolute atomic E-state index is 2.42. The van der Waals surface area contributed by atoms with Gasteiger partial charge in [-0.1, -0.05) is 182 Å². The number of anilines is 3. The van der Waals surface area contributed by atoms with Crippen molar-refractivity contribution < 1.29 is 0 Å². The molecule has 0 saturated heterocycles. The fourth-order valence-corrected chi connectivity index (χ4v) is 10.7. The molecule has 0 aliphatic rings. The van der Waals surface area contributed by atoms with Gasteiger partial charge < -0.3 is 9.47 Å². The molecule has 0 aliphatic carbocycles. The molecule has 0 fully saturated rings. The van der Waals surface area contributed by atoms with Crippen LogP contribution in [0.4, 0.5) is 17.1 Å². The second-order valence-corrected chi connectivity index (χ2v) is 17.1. The summed E-state index contributed by atoms with van der Waals surface area (Å²) in [4.78, 5) is 2.37. The van der Waals surface area contributed by atoms with E-state index in [1.807, 2.05) is 11.3 Å². The van der Waals surface area contributed by atoms with Crippen molar-refractivity contribution >= 4 is 70.4 Å². The zero-order chi connectivity index (χ0) is 41.7. The Hall–Kier alpha value is -7.98. The summed E-state index contributed by atoms with van der Waals surface area (Å²) in [6.45, 7) is 0. The molecule has 10 aromatic carbocycles. The first-order valence-electron chi connectivity index (χ1n) is 21.5. The highest BCUT2D eigenvalue weighted by atomic mass is 32.1. The lowest BCUT2D eigenvalue weighted by atomic mass is 9.94. The van der Waals surface area contributed by atoms with Gasteiger partial charge in [-0.15, -0.1) is 11.3 Å². The Labute approximate surface area is 370 Å². The maximum atomic E-state index is 2.42. The van der Waals surface area contributed by atoms with E-state index >= 15 is 0 Å². The van der Waals surface area contributed by atoms with E-state index in [-0.39, 0.29) is 0 Å². The summed E-state index contributed by atoms with van der Waals surface area (Å²) in [5, 5.41) is 5.15. The van der Waals surface area contributed by atoms with Gasteiger partial charge in [0.1, 0.15) is 0 Å². The molecule has 0 aliphatic heterocycles. The van der Waals surface area contributed by atoms with Crippen molar-refractivity contribution in [2.24, 2.45) is 0 Å². The topological polar surface area (TPSA) is 8.17 Å². The van der Waals surface area contributed by atoms with Crippen molar-refractivity contribution in [3.8, 4) is 50.2 Å². The fourth-order valence-electron chi connectivity index (χ4n) is 9.49. The molecule has 0 saturated carbocycles. The molecule has 0 unspecified atom stereocenters. The minimum absolute atomic E-state index is 1.09. The first kappa shape index (κ1) is 36.8. The van der Waals surface area contributed by atoms with Crippen LogP contribution in [-0.4, -0.2) is 4.57 Å². The summed E-state index contributed by atoms with van der Waals surface area (Å²) < 4.78 is 5.06. The number of para-hydroxylation sites is 3. The van der Waals surface area contributed by atoms with Gasteiger partial charge in [-0.2, -0.15) is 0 Å². The van der Waals surface area contributed by atoms with Crippen LogP contribution in [0.1, 0.15) is 0 Å². The lowest BCUT2D eigenvalue weighted by Gasteiger charge is -2.26. The molecule has 63 heavy (non-hydrogen) atoms. The number of hydrogen-bond acceptors (Lipinski definition) is 2. The molecule has 3 heteroatoms. The Kier molecular flexibility index (Phi) is 9.06. The van der Waals surface area contributed by atoms with Crippen LogP contribution in [0.15, 0.2) is 243 Å². The van der Waals surface area contributed by atoms with Gasteiger partial charge in [0.25, 0.3) is 0 Å². The average Bonchev–Trinajstić information content (AvgIpc) is 3.91. The van der Waals surface area contributed by atoms with Gasteiger partial charge in [0.15, 0.2) is 0 Å². The minimum atomic E-state index is 1.09. The molecule has 0 spiro atoms. The van der Waals surface area contributed by atoms with Crippen LogP contribution in [0.5, 0.6) is 0 Å². The highest BCUT2D eigenvalue weighted by molar-refractivity contribution is 7.26. The number of benzene rings is 10. The third-order valence-electron chi connectivity index (χ3n) is 12.5. The van der Waals surface area contributed by atoms with Crippen molar-refractivity contribution in [3.05, 3.63) is 243 Å². The first-order chi connectivity index (χ1) is 31.3. The van der Waals surface area contributed by atoms with Crippen LogP contribution in [-0.2, 0) is 0 Å².